The highest BCUT2D eigenvalue weighted by atomic mass is 32.2. The lowest BCUT2D eigenvalue weighted by molar-refractivity contribution is 0.428. The first-order valence-corrected chi connectivity index (χ1v) is 3.40. The largest absolute Gasteiger partial charge is 0.295 e. The Bertz CT molecular complexity index is 83.0. The Hall–Kier alpha value is 0.200. The number of nitrogens with zero attached hydrogens (tertiary/aromatic N) is 1. The summed E-state index contributed by atoms with van der Waals surface area (Å²) in [5.74, 6) is 0.726. The molecule has 0 aromatic carbocycles. The normalized spacial score (nSPS) is 18.7. The molecule has 1 aliphatic rings. The molecule has 0 spiro atoms. The highest BCUT2D eigenvalue weighted by Crippen LogP contribution is 2.07. The quantitative estimate of drug-likeness (QED) is 0.408. The molecule has 0 aliphatic carbocycles. The van der Waals surface area contributed by atoms with E-state index in [4.69, 9.17) is 0 Å². The SMILES string of the molecule is SCN1C=CSN1. The van der Waals surface area contributed by atoms with Crippen molar-refractivity contribution in [3.8, 4) is 0 Å². The van der Waals surface area contributed by atoms with Crippen molar-refractivity contribution in [2.75, 3.05) is 5.88 Å². The minimum absolute atomic E-state index is 0.726. The van der Waals surface area contributed by atoms with Crippen LogP contribution < -0.4 is 4.83 Å². The fraction of sp³-hybridized carbons (Fsp3) is 0.333. The first-order chi connectivity index (χ1) is 3.43. The summed E-state index contributed by atoms with van der Waals surface area (Å²) in [4.78, 5) is 2.97. The molecule has 0 fully saturated rings. The highest BCUT2D eigenvalue weighted by molar-refractivity contribution is 8.00. The van der Waals surface area contributed by atoms with Gasteiger partial charge in [0.15, 0.2) is 0 Å². The molecule has 7 heavy (non-hydrogen) atoms. The van der Waals surface area contributed by atoms with Crippen LogP contribution in [-0.2, 0) is 0 Å². The van der Waals surface area contributed by atoms with Gasteiger partial charge in [-0.1, -0.05) is 0 Å². The zero-order valence-corrected chi connectivity index (χ0v) is 5.38. The summed E-state index contributed by atoms with van der Waals surface area (Å²) in [5.41, 5.74) is 0. The third-order valence-electron chi connectivity index (χ3n) is 0.631. The van der Waals surface area contributed by atoms with E-state index in [0.717, 1.165) is 5.88 Å². The minimum Gasteiger partial charge on any atom is -0.295 e. The number of nitrogens with one attached hydrogen (secondary N) is 1. The van der Waals surface area contributed by atoms with Crippen LogP contribution in [0.1, 0.15) is 0 Å². The summed E-state index contributed by atoms with van der Waals surface area (Å²) in [6.45, 7) is 0. The lowest BCUT2D eigenvalue weighted by Crippen LogP contribution is -2.21. The van der Waals surface area contributed by atoms with Crippen molar-refractivity contribution in [2.24, 2.45) is 0 Å². The maximum absolute atomic E-state index is 4.01. The van der Waals surface area contributed by atoms with Crippen LogP contribution in [0.2, 0.25) is 0 Å². The molecule has 1 N–H and O–H groups in total. The lowest BCUT2D eigenvalue weighted by Gasteiger charge is -2.08. The average molecular weight is 134 g/mol. The Balaban J connectivity index is 2.28. The first kappa shape index (κ1) is 5.34. The van der Waals surface area contributed by atoms with Gasteiger partial charge in [-0.25, -0.2) is 0 Å². The number of rotatable bonds is 1. The first-order valence-electron chi connectivity index (χ1n) is 1.89. The van der Waals surface area contributed by atoms with Crippen LogP contribution in [0.3, 0.4) is 0 Å². The van der Waals surface area contributed by atoms with E-state index in [1.807, 2.05) is 16.6 Å². The molecule has 0 saturated heterocycles. The van der Waals surface area contributed by atoms with Crippen molar-refractivity contribution in [1.29, 1.82) is 0 Å². The molecule has 0 saturated carbocycles. The summed E-state index contributed by atoms with van der Waals surface area (Å²) in [7, 11) is 0. The third kappa shape index (κ3) is 1.29. The second-order valence-corrected chi connectivity index (χ2v) is 2.08. The Kier molecular flexibility index (Phi) is 1.90. The predicted octanol–water partition coefficient (Wildman–Crippen LogP) is 0.813. The molecule has 0 atom stereocenters. The van der Waals surface area contributed by atoms with E-state index in [0.29, 0.717) is 0 Å². The van der Waals surface area contributed by atoms with E-state index in [2.05, 4.69) is 17.5 Å². The molecule has 1 rings (SSSR count). The van der Waals surface area contributed by atoms with Crippen LogP contribution in [0.4, 0.5) is 0 Å². The van der Waals surface area contributed by atoms with Crippen molar-refractivity contribution in [2.45, 2.75) is 0 Å². The van der Waals surface area contributed by atoms with Crippen molar-refractivity contribution in [1.82, 2.24) is 9.84 Å². The molecule has 40 valence electrons. The van der Waals surface area contributed by atoms with E-state index < -0.39 is 0 Å². The molecule has 1 aliphatic heterocycles. The van der Waals surface area contributed by atoms with Crippen molar-refractivity contribution in [3.05, 3.63) is 11.6 Å². The summed E-state index contributed by atoms with van der Waals surface area (Å²) >= 11 is 5.57. The summed E-state index contributed by atoms with van der Waals surface area (Å²) in [5, 5.41) is 3.85. The van der Waals surface area contributed by atoms with Gasteiger partial charge in [0, 0.05) is 11.6 Å². The van der Waals surface area contributed by atoms with Crippen LogP contribution in [0.25, 0.3) is 0 Å². The minimum atomic E-state index is 0.726. The molecule has 2 nitrogen and oxygen atoms in total. The van der Waals surface area contributed by atoms with E-state index in [1.54, 1.807) is 11.9 Å². The Morgan fingerprint density at radius 2 is 2.71 bits per heavy atom. The maximum atomic E-state index is 4.01. The number of hydrogen-bond donors (Lipinski definition) is 2. The van der Waals surface area contributed by atoms with Gasteiger partial charge in [-0.15, -0.1) is 0 Å². The van der Waals surface area contributed by atoms with E-state index in [9.17, 15) is 0 Å². The van der Waals surface area contributed by atoms with Crippen LogP contribution >= 0.6 is 24.6 Å². The summed E-state index contributed by atoms with van der Waals surface area (Å²) < 4.78 is 0. The molecule has 0 radical (unpaired) electrons. The molecule has 0 aromatic heterocycles. The molecule has 1 heterocycles. The van der Waals surface area contributed by atoms with Gasteiger partial charge in [0.2, 0.25) is 0 Å². The Labute approximate surface area is 52.5 Å². The molecule has 0 unspecified atom stereocenters. The Morgan fingerprint density at radius 1 is 1.86 bits per heavy atom. The van der Waals surface area contributed by atoms with Crippen LogP contribution in [0, 0.1) is 0 Å². The van der Waals surface area contributed by atoms with E-state index >= 15 is 0 Å². The zero-order chi connectivity index (χ0) is 5.11. The standard InChI is InChI=1S/C3H6N2S2/c6-3-5-1-2-7-4-5/h1-2,4,6H,3H2. The Morgan fingerprint density at radius 3 is 3.00 bits per heavy atom. The van der Waals surface area contributed by atoms with Gasteiger partial charge in [0.1, 0.15) is 0 Å². The summed E-state index contributed by atoms with van der Waals surface area (Å²) in [6.07, 6.45) is 1.94. The molecular weight excluding hydrogens is 128 g/mol. The van der Waals surface area contributed by atoms with Gasteiger partial charge in [-0.3, -0.25) is 5.01 Å². The fourth-order valence-electron chi connectivity index (χ4n) is 0.308. The number of hydrogen-bond acceptors (Lipinski definition) is 4. The fourth-order valence-corrected chi connectivity index (χ4v) is 1.10. The van der Waals surface area contributed by atoms with Gasteiger partial charge in [0.25, 0.3) is 0 Å². The topological polar surface area (TPSA) is 15.3 Å². The van der Waals surface area contributed by atoms with Gasteiger partial charge in [0.05, 0.1) is 5.88 Å². The highest BCUT2D eigenvalue weighted by Gasteiger charge is 1.97. The van der Waals surface area contributed by atoms with E-state index in [1.165, 1.54) is 0 Å². The predicted molar refractivity (Wildman–Crippen MR) is 35.6 cm³/mol. The maximum Gasteiger partial charge on any atom is 0.0772 e. The van der Waals surface area contributed by atoms with Gasteiger partial charge >= 0.3 is 0 Å². The van der Waals surface area contributed by atoms with Gasteiger partial charge < -0.3 is 0 Å². The van der Waals surface area contributed by atoms with Crippen LogP contribution in [-0.4, -0.2) is 10.9 Å². The average Bonchev–Trinajstić information content (AvgIpc) is 2.14. The summed E-state index contributed by atoms with van der Waals surface area (Å²) in [6, 6.07) is 0. The van der Waals surface area contributed by atoms with Crippen LogP contribution in [0.15, 0.2) is 11.6 Å². The monoisotopic (exact) mass is 134 g/mol. The van der Waals surface area contributed by atoms with E-state index in [-0.39, 0.29) is 0 Å². The lowest BCUT2D eigenvalue weighted by atomic mass is 11.0. The third-order valence-corrected chi connectivity index (χ3v) is 1.53. The molecular formula is C3H6N2S2. The second kappa shape index (κ2) is 2.49. The molecule has 0 aromatic rings. The zero-order valence-electron chi connectivity index (χ0n) is 3.66. The molecule has 0 amide bonds. The van der Waals surface area contributed by atoms with Gasteiger partial charge in [-0.05, 0) is 11.9 Å². The molecule has 0 bridgehead atoms. The second-order valence-electron chi connectivity index (χ2n) is 1.11. The molecule has 4 heteroatoms. The van der Waals surface area contributed by atoms with Crippen molar-refractivity contribution < 1.29 is 0 Å². The smallest absolute Gasteiger partial charge is 0.0772 e. The van der Waals surface area contributed by atoms with Crippen molar-refractivity contribution in [3.63, 3.8) is 0 Å². The number of hydrazine groups is 1. The van der Waals surface area contributed by atoms with Crippen LogP contribution in [0.5, 0.6) is 0 Å². The van der Waals surface area contributed by atoms with Gasteiger partial charge in [-0.2, -0.15) is 17.5 Å². The van der Waals surface area contributed by atoms with Crippen molar-refractivity contribution >= 4 is 24.6 Å². The number of thiol groups is 1.